The van der Waals surface area contributed by atoms with Gasteiger partial charge in [-0.05, 0) is 118 Å². The van der Waals surface area contributed by atoms with Gasteiger partial charge in [-0.25, -0.2) is 0 Å². The largest absolute Gasteiger partial charge is 0.310 e. The number of benzene rings is 8. The Morgan fingerprint density at radius 3 is 1.60 bits per heavy atom. The minimum atomic E-state index is -1.79. The molecular weight excluding hydrogens is 671 g/mol. The molecule has 2 heterocycles. The Morgan fingerprint density at radius 2 is 0.830 bits per heavy atom. The second-order valence-corrected chi connectivity index (χ2v) is 24.5. The highest BCUT2D eigenvalue weighted by molar-refractivity contribution is 7.04. The van der Waals surface area contributed by atoms with E-state index < -0.39 is 16.1 Å². The van der Waals surface area contributed by atoms with Gasteiger partial charge >= 0.3 is 0 Å². The summed E-state index contributed by atoms with van der Waals surface area (Å²) in [5.41, 5.74) is 14.1. The van der Waals surface area contributed by atoms with E-state index in [0.29, 0.717) is 0 Å². The lowest BCUT2D eigenvalue weighted by molar-refractivity contribution is 1.29. The van der Waals surface area contributed by atoms with Crippen LogP contribution in [0.3, 0.4) is 0 Å². The normalized spacial score (nSPS) is 14.3. The number of rotatable bonds is 5. The molecule has 0 aromatic heterocycles. The zero-order valence-electron chi connectivity index (χ0n) is 30.7. The van der Waals surface area contributed by atoms with E-state index >= 15 is 0 Å². The zero-order valence-corrected chi connectivity index (χ0v) is 32.7. The molecule has 0 fully saturated rings. The van der Waals surface area contributed by atoms with E-state index in [4.69, 9.17) is 0 Å². The Balaban J connectivity index is 1.10. The number of fused-ring (bicyclic) bond motifs is 7. The predicted octanol–water partition coefficient (Wildman–Crippen LogP) is 11.2. The molecule has 0 spiro atoms. The van der Waals surface area contributed by atoms with E-state index in [9.17, 15) is 0 Å². The fourth-order valence-corrected chi connectivity index (χ4v) is 15.4. The first-order chi connectivity index (χ1) is 25.8. The van der Waals surface area contributed by atoms with E-state index in [1.165, 1.54) is 76.5 Å². The van der Waals surface area contributed by atoms with Gasteiger partial charge in [-0.2, -0.15) is 0 Å². The van der Waals surface area contributed by atoms with E-state index in [0.717, 1.165) is 11.4 Å². The minimum Gasteiger partial charge on any atom is -0.310 e. The first kappa shape index (κ1) is 31.9. The number of hydrogen-bond acceptors (Lipinski definition) is 1. The fourth-order valence-electron chi connectivity index (χ4n) is 9.17. The number of anilines is 3. The monoisotopic (exact) mass is 711 g/mol. The highest BCUT2D eigenvalue weighted by Crippen LogP contribution is 2.41. The molecule has 0 saturated heterocycles. The molecule has 0 N–H and O–H groups in total. The lowest BCUT2D eigenvalue weighted by Gasteiger charge is -2.27. The summed E-state index contributed by atoms with van der Waals surface area (Å²) in [7, 11) is -3.57. The molecule has 8 aromatic rings. The van der Waals surface area contributed by atoms with Crippen molar-refractivity contribution < 1.29 is 0 Å². The van der Waals surface area contributed by atoms with Crippen LogP contribution in [0.1, 0.15) is 0 Å². The van der Waals surface area contributed by atoms with Crippen LogP contribution in [-0.2, 0) is 0 Å². The van der Waals surface area contributed by atoms with Crippen LogP contribution in [0.5, 0.6) is 0 Å². The van der Waals surface area contributed by atoms with Crippen molar-refractivity contribution in [1.82, 2.24) is 0 Å². The minimum absolute atomic E-state index is 1.15. The number of nitrogens with zero attached hydrogens (tertiary/aromatic N) is 1. The van der Waals surface area contributed by atoms with Crippen LogP contribution in [0.4, 0.5) is 17.1 Å². The Kier molecular flexibility index (Phi) is 7.17. The summed E-state index contributed by atoms with van der Waals surface area (Å²) in [6.45, 7) is 9.97. The van der Waals surface area contributed by atoms with Crippen LogP contribution in [-0.4, -0.2) is 16.1 Å². The van der Waals surface area contributed by atoms with Crippen LogP contribution < -0.4 is 25.6 Å². The van der Waals surface area contributed by atoms with Gasteiger partial charge in [0.05, 0.1) is 0 Å². The molecule has 254 valence electrons. The van der Waals surface area contributed by atoms with Crippen molar-refractivity contribution >= 4 is 64.7 Å². The van der Waals surface area contributed by atoms with Gasteiger partial charge in [0.1, 0.15) is 16.1 Å². The molecule has 2 aliphatic rings. The van der Waals surface area contributed by atoms with Crippen LogP contribution >= 0.6 is 0 Å². The van der Waals surface area contributed by atoms with Crippen LogP contribution in [0.15, 0.2) is 176 Å². The van der Waals surface area contributed by atoms with Crippen molar-refractivity contribution in [2.45, 2.75) is 26.2 Å². The molecule has 0 radical (unpaired) electrons. The third kappa shape index (κ3) is 5.03. The molecule has 0 aliphatic carbocycles. The van der Waals surface area contributed by atoms with Gasteiger partial charge in [-0.1, -0.05) is 160 Å². The van der Waals surface area contributed by atoms with Gasteiger partial charge in [0.2, 0.25) is 0 Å². The van der Waals surface area contributed by atoms with Crippen LogP contribution in [0.2, 0.25) is 26.2 Å². The van der Waals surface area contributed by atoms with Crippen molar-refractivity contribution in [2.24, 2.45) is 0 Å². The smallest absolute Gasteiger partial charge is 0.113 e. The second-order valence-electron chi connectivity index (χ2n) is 15.8. The summed E-state index contributed by atoms with van der Waals surface area (Å²) in [6.07, 6.45) is 0. The summed E-state index contributed by atoms with van der Waals surface area (Å²) in [5, 5.41) is 8.66. The summed E-state index contributed by atoms with van der Waals surface area (Å²) < 4.78 is 0. The Hall–Kier alpha value is -5.75. The Bertz CT molecular complexity index is 2740. The molecule has 10 rings (SSSR count). The third-order valence-corrected chi connectivity index (χ3v) is 19.2. The maximum absolute atomic E-state index is 2.50. The van der Waals surface area contributed by atoms with Gasteiger partial charge < -0.3 is 4.90 Å². The van der Waals surface area contributed by atoms with Crippen LogP contribution in [0, 0.1) is 0 Å². The topological polar surface area (TPSA) is 3.24 Å². The highest BCUT2D eigenvalue weighted by Gasteiger charge is 2.38. The Labute approximate surface area is 314 Å². The quantitative estimate of drug-likeness (QED) is 0.161. The van der Waals surface area contributed by atoms with E-state index in [2.05, 4.69) is 207 Å². The lowest BCUT2D eigenvalue weighted by Crippen LogP contribution is -2.49. The first-order valence-corrected chi connectivity index (χ1v) is 24.8. The van der Waals surface area contributed by atoms with E-state index in [1.54, 1.807) is 5.19 Å². The highest BCUT2D eigenvalue weighted by atomic mass is 28.3. The summed E-state index contributed by atoms with van der Waals surface area (Å²) in [5.74, 6) is 0. The zero-order chi connectivity index (χ0) is 35.9. The molecule has 3 heteroatoms. The molecular formula is C50H41NSi2. The molecule has 0 unspecified atom stereocenters. The van der Waals surface area contributed by atoms with Crippen molar-refractivity contribution in [3.05, 3.63) is 176 Å². The van der Waals surface area contributed by atoms with Crippen molar-refractivity contribution in [3.63, 3.8) is 0 Å². The standard InChI is InChI=1S/C50H41NSi2/c1-52(2)48-19-10-8-17-44(48)46-33-42(27-29-49(46)52)51(40-25-22-35(23-26-40)38-21-20-34-12-5-6-13-36(34)30-38)41-15-11-14-37(31-41)39-24-28-45-43-16-7-9-18-47(43)53(3,4)50(45)32-39/h5-33H,1-4H3. The maximum Gasteiger partial charge on any atom is 0.113 e. The average molecular weight is 712 g/mol. The summed E-state index contributed by atoms with van der Waals surface area (Å²) >= 11 is 0. The molecule has 0 saturated carbocycles. The SMILES string of the molecule is C[Si]1(C)c2ccccc2-c2cc(N(c3ccc(-c4ccc5ccccc5c4)cc3)c3cccc(-c4ccc5c(c4)[Si](C)(C)c4ccccc4-5)c3)ccc21. The maximum atomic E-state index is 2.50. The fraction of sp³-hybridized carbons (Fsp3) is 0.0800. The molecule has 0 amide bonds. The van der Waals surface area contributed by atoms with Gasteiger partial charge in [0.25, 0.3) is 0 Å². The molecule has 0 atom stereocenters. The molecule has 53 heavy (non-hydrogen) atoms. The second kappa shape index (κ2) is 11.9. The lowest BCUT2D eigenvalue weighted by atomic mass is 9.99. The molecule has 8 aromatic carbocycles. The molecule has 0 bridgehead atoms. The van der Waals surface area contributed by atoms with Crippen LogP contribution in [0.25, 0.3) is 55.3 Å². The first-order valence-electron chi connectivity index (χ1n) is 18.8. The average Bonchev–Trinajstić information content (AvgIpc) is 3.57. The predicted molar refractivity (Wildman–Crippen MR) is 234 cm³/mol. The molecule has 1 nitrogen and oxygen atoms in total. The summed E-state index contributed by atoms with van der Waals surface area (Å²) in [6, 6.07) is 66.1. The van der Waals surface area contributed by atoms with E-state index in [-0.39, 0.29) is 0 Å². The van der Waals surface area contributed by atoms with Crippen molar-refractivity contribution in [1.29, 1.82) is 0 Å². The third-order valence-electron chi connectivity index (χ3n) is 12.1. The van der Waals surface area contributed by atoms with Gasteiger partial charge in [0.15, 0.2) is 0 Å². The van der Waals surface area contributed by atoms with Crippen molar-refractivity contribution in [2.75, 3.05) is 4.90 Å². The van der Waals surface area contributed by atoms with Gasteiger partial charge in [0, 0.05) is 17.1 Å². The van der Waals surface area contributed by atoms with Gasteiger partial charge in [-0.15, -0.1) is 0 Å². The molecule has 2 aliphatic heterocycles. The summed E-state index contributed by atoms with van der Waals surface area (Å²) in [4.78, 5) is 2.45. The van der Waals surface area contributed by atoms with Crippen molar-refractivity contribution in [3.8, 4) is 44.5 Å². The van der Waals surface area contributed by atoms with E-state index in [1.807, 2.05) is 0 Å². The Morgan fingerprint density at radius 1 is 0.302 bits per heavy atom. The number of hydrogen-bond donors (Lipinski definition) is 0. The van der Waals surface area contributed by atoms with Gasteiger partial charge in [-0.3, -0.25) is 0 Å².